The highest BCUT2D eigenvalue weighted by atomic mass is 35.5. The fourth-order valence-corrected chi connectivity index (χ4v) is 3.98. The minimum Gasteiger partial charge on any atom is -0.349 e. The van der Waals surface area contributed by atoms with E-state index in [-0.39, 0.29) is 11.9 Å². The molecule has 6 heteroatoms. The molecule has 0 radical (unpaired) electrons. The van der Waals surface area contributed by atoms with E-state index in [9.17, 15) is 4.79 Å². The quantitative estimate of drug-likeness (QED) is 0.647. The molecule has 3 rings (SSSR count). The molecule has 140 valence electrons. The summed E-state index contributed by atoms with van der Waals surface area (Å²) in [6.45, 7) is 2.40. The fourth-order valence-electron chi connectivity index (χ4n) is 2.87. The van der Waals surface area contributed by atoms with E-state index in [1.54, 1.807) is 0 Å². The number of halogens is 1. The van der Waals surface area contributed by atoms with Crippen molar-refractivity contribution in [2.24, 2.45) is 0 Å². The zero-order valence-electron chi connectivity index (χ0n) is 15.6. The highest BCUT2D eigenvalue weighted by Crippen LogP contribution is 2.29. The number of carbonyl (C=O) groups excluding carboxylic acids is 1. The van der Waals surface area contributed by atoms with Gasteiger partial charge in [0, 0.05) is 17.1 Å². The second kappa shape index (κ2) is 8.65. The number of likely N-dealkylation sites (N-methyl/N-ethyl adjacent to an activating group) is 1. The third kappa shape index (κ3) is 4.75. The van der Waals surface area contributed by atoms with Gasteiger partial charge in [-0.2, -0.15) is 0 Å². The fraction of sp³-hybridized carbons (Fsp3) is 0.238. The summed E-state index contributed by atoms with van der Waals surface area (Å²) in [7, 11) is 4.03. The van der Waals surface area contributed by atoms with Crippen LogP contribution in [0.4, 0.5) is 0 Å². The Balaban J connectivity index is 1.73. The van der Waals surface area contributed by atoms with Gasteiger partial charge in [0.1, 0.15) is 9.88 Å². The van der Waals surface area contributed by atoms with Gasteiger partial charge in [-0.05, 0) is 38.7 Å². The van der Waals surface area contributed by atoms with Crippen molar-refractivity contribution >= 4 is 28.8 Å². The highest BCUT2D eigenvalue weighted by molar-refractivity contribution is 7.17. The average Bonchev–Trinajstić information content (AvgIpc) is 3.05. The molecule has 1 amide bonds. The number of thiazole rings is 1. The van der Waals surface area contributed by atoms with E-state index >= 15 is 0 Å². The second-order valence-corrected chi connectivity index (χ2v) is 7.98. The summed E-state index contributed by atoms with van der Waals surface area (Å²) in [6.07, 6.45) is 0. The molecule has 27 heavy (non-hydrogen) atoms. The third-order valence-electron chi connectivity index (χ3n) is 4.36. The van der Waals surface area contributed by atoms with Crippen molar-refractivity contribution in [3.63, 3.8) is 0 Å². The van der Waals surface area contributed by atoms with Gasteiger partial charge in [0.25, 0.3) is 5.91 Å². The number of hydrogen-bond donors (Lipinski definition) is 1. The number of rotatable bonds is 6. The molecular formula is C21H22ClN3OS. The van der Waals surface area contributed by atoms with E-state index in [0.717, 1.165) is 16.3 Å². The predicted molar refractivity (Wildman–Crippen MR) is 113 cm³/mol. The topological polar surface area (TPSA) is 45.2 Å². The molecule has 3 aromatic rings. The summed E-state index contributed by atoms with van der Waals surface area (Å²) in [4.78, 5) is 20.0. The normalized spacial score (nSPS) is 12.2. The van der Waals surface area contributed by atoms with Gasteiger partial charge in [0.2, 0.25) is 0 Å². The largest absolute Gasteiger partial charge is 0.349 e. The number of hydrogen-bond acceptors (Lipinski definition) is 4. The first-order chi connectivity index (χ1) is 13.0. The lowest BCUT2D eigenvalue weighted by atomic mass is 10.1. The monoisotopic (exact) mass is 399 g/mol. The van der Waals surface area contributed by atoms with Crippen LogP contribution in [0.3, 0.4) is 0 Å². The summed E-state index contributed by atoms with van der Waals surface area (Å²) >= 11 is 7.35. The van der Waals surface area contributed by atoms with Crippen molar-refractivity contribution in [1.29, 1.82) is 0 Å². The zero-order chi connectivity index (χ0) is 19.4. The molecule has 0 saturated carbocycles. The van der Waals surface area contributed by atoms with Crippen molar-refractivity contribution < 1.29 is 4.79 Å². The maximum Gasteiger partial charge on any atom is 0.263 e. The van der Waals surface area contributed by atoms with Gasteiger partial charge >= 0.3 is 0 Å². The Kier molecular flexibility index (Phi) is 6.26. The third-order valence-corrected chi connectivity index (χ3v) is 5.81. The first-order valence-corrected chi connectivity index (χ1v) is 9.88. The summed E-state index contributed by atoms with van der Waals surface area (Å²) in [5.41, 5.74) is 2.87. The van der Waals surface area contributed by atoms with Crippen LogP contribution in [-0.2, 0) is 0 Å². The summed E-state index contributed by atoms with van der Waals surface area (Å²) < 4.78 is 0. The molecule has 0 aliphatic heterocycles. The van der Waals surface area contributed by atoms with E-state index in [1.807, 2.05) is 63.5 Å². The van der Waals surface area contributed by atoms with Gasteiger partial charge < -0.3 is 10.2 Å². The predicted octanol–water partition coefficient (Wildman–Crippen LogP) is 4.80. The Bertz CT molecular complexity index is 907. The minimum absolute atomic E-state index is 0.0898. The number of nitrogens with one attached hydrogen (secondary N) is 1. The Morgan fingerprint density at radius 2 is 1.81 bits per heavy atom. The lowest BCUT2D eigenvalue weighted by Crippen LogP contribution is -2.34. The van der Waals surface area contributed by atoms with Crippen molar-refractivity contribution in [2.75, 3.05) is 20.6 Å². The molecule has 0 saturated heterocycles. The van der Waals surface area contributed by atoms with Crippen LogP contribution in [0, 0.1) is 6.92 Å². The van der Waals surface area contributed by atoms with Gasteiger partial charge in [-0.15, -0.1) is 11.3 Å². The number of aromatic nitrogens is 1. The van der Waals surface area contributed by atoms with Crippen molar-refractivity contribution in [1.82, 2.24) is 15.2 Å². The molecule has 1 aromatic heterocycles. The van der Waals surface area contributed by atoms with Gasteiger partial charge in [-0.1, -0.05) is 54.1 Å². The van der Waals surface area contributed by atoms with Crippen LogP contribution in [0.25, 0.3) is 10.6 Å². The molecule has 0 aliphatic carbocycles. The van der Waals surface area contributed by atoms with Gasteiger partial charge in [-0.3, -0.25) is 4.79 Å². The molecular weight excluding hydrogens is 378 g/mol. The maximum atomic E-state index is 12.7. The molecule has 0 aliphatic rings. The number of amides is 1. The molecule has 0 fully saturated rings. The van der Waals surface area contributed by atoms with Crippen molar-refractivity contribution in [3.05, 3.63) is 75.8 Å². The Morgan fingerprint density at radius 1 is 1.15 bits per heavy atom. The zero-order valence-corrected chi connectivity index (χ0v) is 17.1. The molecule has 0 spiro atoms. The van der Waals surface area contributed by atoms with Crippen LogP contribution in [-0.4, -0.2) is 36.4 Å². The standard InChI is InChI=1S/C21H22ClN3OS/c1-14-19(27-21(24-14)16-9-11-17(22)12-10-16)20(26)23-13-18(25(2)3)15-7-5-4-6-8-15/h4-12,18H,13H2,1-3H3,(H,23,26)/t18-/m1/s1. The lowest BCUT2D eigenvalue weighted by molar-refractivity contribution is 0.0945. The maximum absolute atomic E-state index is 12.7. The van der Waals surface area contributed by atoms with Crippen LogP contribution in [0.5, 0.6) is 0 Å². The summed E-state index contributed by atoms with van der Waals surface area (Å²) in [5, 5.41) is 4.56. The second-order valence-electron chi connectivity index (χ2n) is 6.54. The van der Waals surface area contributed by atoms with Crippen LogP contribution in [0.2, 0.25) is 5.02 Å². The minimum atomic E-state index is -0.0898. The van der Waals surface area contributed by atoms with Crippen LogP contribution >= 0.6 is 22.9 Å². The lowest BCUT2D eigenvalue weighted by Gasteiger charge is -2.25. The first kappa shape index (κ1) is 19.5. The number of carbonyl (C=O) groups is 1. The molecule has 2 aromatic carbocycles. The van der Waals surface area contributed by atoms with Crippen LogP contribution in [0.15, 0.2) is 54.6 Å². The smallest absolute Gasteiger partial charge is 0.263 e. The van der Waals surface area contributed by atoms with Crippen LogP contribution in [0.1, 0.15) is 27.0 Å². The van der Waals surface area contributed by atoms with E-state index in [1.165, 1.54) is 16.9 Å². The molecule has 0 unspecified atom stereocenters. The van der Waals surface area contributed by atoms with Crippen molar-refractivity contribution in [2.45, 2.75) is 13.0 Å². The molecule has 1 atom stereocenters. The number of benzene rings is 2. The van der Waals surface area contributed by atoms with E-state index in [0.29, 0.717) is 16.4 Å². The molecule has 0 bridgehead atoms. The summed E-state index contributed by atoms with van der Waals surface area (Å²) in [5.74, 6) is -0.0898. The SMILES string of the molecule is Cc1nc(-c2ccc(Cl)cc2)sc1C(=O)NC[C@H](c1ccccc1)N(C)C. The van der Waals surface area contributed by atoms with E-state index in [4.69, 9.17) is 11.6 Å². The van der Waals surface area contributed by atoms with Gasteiger partial charge in [0.15, 0.2) is 0 Å². The van der Waals surface area contributed by atoms with Crippen LogP contribution < -0.4 is 5.32 Å². The molecule has 1 heterocycles. The Labute approximate surface area is 168 Å². The Morgan fingerprint density at radius 3 is 2.44 bits per heavy atom. The van der Waals surface area contributed by atoms with Crippen molar-refractivity contribution in [3.8, 4) is 10.6 Å². The van der Waals surface area contributed by atoms with Gasteiger partial charge in [-0.25, -0.2) is 4.98 Å². The Hall–Kier alpha value is -2.21. The van der Waals surface area contributed by atoms with E-state index in [2.05, 4.69) is 27.3 Å². The summed E-state index contributed by atoms with van der Waals surface area (Å²) in [6, 6.07) is 17.8. The first-order valence-electron chi connectivity index (χ1n) is 8.68. The average molecular weight is 400 g/mol. The van der Waals surface area contributed by atoms with Gasteiger partial charge in [0.05, 0.1) is 11.7 Å². The number of nitrogens with zero attached hydrogens (tertiary/aromatic N) is 2. The highest BCUT2D eigenvalue weighted by Gasteiger charge is 2.19. The molecule has 4 nitrogen and oxygen atoms in total. The number of aryl methyl sites for hydroxylation is 1. The van der Waals surface area contributed by atoms with E-state index < -0.39 is 0 Å². The molecule has 1 N–H and O–H groups in total.